The first kappa shape index (κ1) is 18.4. The Morgan fingerprint density at radius 2 is 1.95 bits per heavy atom. The average molecular weight is 307 g/mol. The summed E-state index contributed by atoms with van der Waals surface area (Å²) >= 11 is 0. The van der Waals surface area contributed by atoms with Crippen LogP contribution in [0.5, 0.6) is 0 Å². The molecule has 0 radical (unpaired) electrons. The van der Waals surface area contributed by atoms with Gasteiger partial charge in [-0.25, -0.2) is 4.39 Å². The largest absolute Gasteiger partial charge is 0.314 e. The van der Waals surface area contributed by atoms with E-state index in [4.69, 9.17) is 0 Å². The predicted molar refractivity (Wildman–Crippen MR) is 83.0 cm³/mol. The predicted octanol–water partition coefficient (Wildman–Crippen LogP) is 3.11. The van der Waals surface area contributed by atoms with E-state index in [1.54, 1.807) is 13.0 Å². The van der Waals surface area contributed by atoms with Crippen LogP contribution in [0.2, 0.25) is 0 Å². The Kier molecular flexibility index (Phi) is 8.26. The van der Waals surface area contributed by atoms with E-state index < -0.39 is 0 Å². The third-order valence-corrected chi connectivity index (χ3v) is 3.31. The smallest absolute Gasteiger partial charge is 0.126 e. The van der Waals surface area contributed by atoms with E-state index in [2.05, 4.69) is 16.8 Å². The van der Waals surface area contributed by atoms with E-state index in [9.17, 15) is 4.39 Å². The Bertz CT molecular complexity index is 406. The first-order valence-electron chi connectivity index (χ1n) is 6.06. The lowest BCUT2D eigenvalue weighted by molar-refractivity contribution is 0.203. The molecule has 1 aromatic carbocycles. The quantitative estimate of drug-likeness (QED) is 0.863. The fourth-order valence-electron chi connectivity index (χ4n) is 2.25. The number of halogens is 3. The van der Waals surface area contributed by atoms with Crippen molar-refractivity contribution in [2.75, 3.05) is 26.2 Å². The lowest BCUT2D eigenvalue weighted by Crippen LogP contribution is -2.44. The van der Waals surface area contributed by atoms with Gasteiger partial charge in [0.15, 0.2) is 0 Å². The highest BCUT2D eigenvalue weighted by Crippen LogP contribution is 2.23. The Morgan fingerprint density at radius 3 is 2.47 bits per heavy atom. The minimum atomic E-state index is -0.135. The normalized spacial score (nSPS) is 16.9. The van der Waals surface area contributed by atoms with Crippen LogP contribution in [0.4, 0.5) is 4.39 Å². The van der Waals surface area contributed by atoms with E-state index in [0.717, 1.165) is 31.7 Å². The highest BCUT2D eigenvalue weighted by Gasteiger charge is 2.19. The molecule has 0 bridgehead atoms. The van der Waals surface area contributed by atoms with Gasteiger partial charge in [-0.3, -0.25) is 4.90 Å². The van der Waals surface area contributed by atoms with Crippen LogP contribution in [0.25, 0.3) is 0 Å². The lowest BCUT2D eigenvalue weighted by Gasteiger charge is -2.33. The van der Waals surface area contributed by atoms with Crippen molar-refractivity contribution >= 4 is 24.8 Å². The van der Waals surface area contributed by atoms with E-state index in [1.807, 2.05) is 18.2 Å². The van der Waals surface area contributed by atoms with Gasteiger partial charge < -0.3 is 5.32 Å². The van der Waals surface area contributed by atoms with Crippen LogP contribution in [-0.4, -0.2) is 31.1 Å². The zero-order chi connectivity index (χ0) is 12.3. The maximum atomic E-state index is 13.6. The molecule has 1 heterocycles. The molecule has 0 saturated carbocycles. The number of piperazine rings is 1. The van der Waals surface area contributed by atoms with Crippen molar-refractivity contribution in [3.63, 3.8) is 0 Å². The summed E-state index contributed by atoms with van der Waals surface area (Å²) < 4.78 is 13.6. The van der Waals surface area contributed by atoms with Crippen molar-refractivity contribution in [2.24, 2.45) is 0 Å². The highest BCUT2D eigenvalue weighted by molar-refractivity contribution is 5.85. The summed E-state index contributed by atoms with van der Waals surface area (Å²) in [4.78, 5) is 2.33. The van der Waals surface area contributed by atoms with Gasteiger partial charge in [0.1, 0.15) is 5.82 Å². The third-order valence-electron chi connectivity index (χ3n) is 3.31. The van der Waals surface area contributed by atoms with Crippen molar-refractivity contribution in [1.82, 2.24) is 10.2 Å². The van der Waals surface area contributed by atoms with Gasteiger partial charge in [-0.05, 0) is 24.1 Å². The van der Waals surface area contributed by atoms with E-state index in [1.165, 1.54) is 0 Å². The van der Waals surface area contributed by atoms with Crippen molar-refractivity contribution in [3.05, 3.63) is 47.8 Å². The average Bonchev–Trinajstić information content (AvgIpc) is 2.36. The van der Waals surface area contributed by atoms with Gasteiger partial charge in [0.2, 0.25) is 0 Å². The molecule has 1 aliphatic rings. The van der Waals surface area contributed by atoms with Gasteiger partial charge in [-0.15, -0.1) is 31.4 Å². The highest BCUT2D eigenvalue weighted by atomic mass is 35.5. The van der Waals surface area contributed by atoms with Gasteiger partial charge in [0, 0.05) is 26.2 Å². The van der Waals surface area contributed by atoms with Crippen LogP contribution < -0.4 is 5.32 Å². The Labute approximate surface area is 126 Å². The summed E-state index contributed by atoms with van der Waals surface area (Å²) in [5, 5.41) is 3.32. The van der Waals surface area contributed by atoms with Gasteiger partial charge in [-0.1, -0.05) is 18.2 Å². The summed E-state index contributed by atoms with van der Waals surface area (Å²) in [6, 6.07) is 5.58. The van der Waals surface area contributed by atoms with Crippen molar-refractivity contribution in [1.29, 1.82) is 0 Å². The number of rotatable bonds is 3. The van der Waals surface area contributed by atoms with Gasteiger partial charge >= 0.3 is 0 Å². The van der Waals surface area contributed by atoms with Crippen LogP contribution >= 0.6 is 24.8 Å². The second-order valence-electron chi connectivity index (χ2n) is 4.48. The second-order valence-corrected chi connectivity index (χ2v) is 4.48. The fraction of sp³-hybridized carbons (Fsp3) is 0.429. The minimum absolute atomic E-state index is 0. The third kappa shape index (κ3) is 4.46. The van der Waals surface area contributed by atoms with Crippen LogP contribution in [0.15, 0.2) is 30.9 Å². The zero-order valence-corrected chi connectivity index (χ0v) is 12.7. The molecule has 0 spiro atoms. The summed E-state index contributed by atoms with van der Waals surface area (Å²) in [6.45, 7) is 9.59. The molecule has 0 amide bonds. The lowest BCUT2D eigenvalue weighted by atomic mass is 10.0. The molecule has 2 nitrogen and oxygen atoms in total. The Morgan fingerprint density at radius 1 is 1.32 bits per heavy atom. The molecule has 2 rings (SSSR count). The summed E-state index contributed by atoms with van der Waals surface area (Å²) in [6.07, 6.45) is 1.90. The maximum absolute atomic E-state index is 13.6. The van der Waals surface area contributed by atoms with Crippen LogP contribution in [0.3, 0.4) is 0 Å². The van der Waals surface area contributed by atoms with Crippen LogP contribution in [0.1, 0.15) is 17.2 Å². The standard InChI is InChI=1S/C14H19FN2.2ClH/c1-3-14(17-8-6-16-7-9-17)12-5-4-11(2)13(15)10-12;;/h3-5,10,14,16H,1,6-9H2,2H3;2*1H/t14-;;/m0../s1. The number of nitrogens with one attached hydrogen (secondary N) is 1. The summed E-state index contributed by atoms with van der Waals surface area (Å²) in [7, 11) is 0. The van der Waals surface area contributed by atoms with Gasteiger partial charge in [-0.2, -0.15) is 0 Å². The maximum Gasteiger partial charge on any atom is 0.126 e. The fourth-order valence-corrected chi connectivity index (χ4v) is 2.25. The first-order valence-corrected chi connectivity index (χ1v) is 6.06. The number of benzene rings is 1. The van der Waals surface area contributed by atoms with E-state index in [0.29, 0.717) is 5.56 Å². The molecule has 1 aliphatic heterocycles. The monoisotopic (exact) mass is 306 g/mol. The number of hydrogen-bond donors (Lipinski definition) is 1. The number of hydrogen-bond acceptors (Lipinski definition) is 2. The summed E-state index contributed by atoms with van der Waals surface area (Å²) in [5.41, 5.74) is 1.68. The topological polar surface area (TPSA) is 15.3 Å². The van der Waals surface area contributed by atoms with Crippen LogP contribution in [-0.2, 0) is 0 Å². The first-order chi connectivity index (χ1) is 8.22. The van der Waals surface area contributed by atoms with Crippen molar-refractivity contribution in [3.8, 4) is 0 Å². The molecule has 1 fully saturated rings. The van der Waals surface area contributed by atoms with Crippen LogP contribution in [0, 0.1) is 12.7 Å². The molecule has 0 aromatic heterocycles. The molecule has 108 valence electrons. The molecule has 19 heavy (non-hydrogen) atoms. The minimum Gasteiger partial charge on any atom is -0.314 e. The molecule has 1 atom stereocenters. The molecular formula is C14H21Cl2FN2. The second kappa shape index (κ2) is 8.54. The number of aryl methyl sites for hydroxylation is 1. The molecule has 5 heteroatoms. The van der Waals surface area contributed by atoms with Crippen molar-refractivity contribution in [2.45, 2.75) is 13.0 Å². The Balaban J connectivity index is 0.00000162. The SMILES string of the molecule is C=C[C@@H](c1ccc(C)c(F)c1)N1CCNCC1.Cl.Cl. The molecule has 0 unspecified atom stereocenters. The summed E-state index contributed by atoms with van der Waals surface area (Å²) in [5.74, 6) is -0.135. The van der Waals surface area contributed by atoms with Gasteiger partial charge in [0.05, 0.1) is 6.04 Å². The van der Waals surface area contributed by atoms with Gasteiger partial charge in [0.25, 0.3) is 0 Å². The molecule has 1 aromatic rings. The molecule has 0 aliphatic carbocycles. The molecular weight excluding hydrogens is 286 g/mol. The zero-order valence-electron chi connectivity index (χ0n) is 11.1. The Hall–Kier alpha value is -0.610. The van der Waals surface area contributed by atoms with E-state index in [-0.39, 0.29) is 36.7 Å². The van der Waals surface area contributed by atoms with Crippen molar-refractivity contribution < 1.29 is 4.39 Å². The van der Waals surface area contributed by atoms with E-state index >= 15 is 0 Å². The molecule has 1 saturated heterocycles. The molecule has 1 N–H and O–H groups in total. The number of nitrogens with zero attached hydrogens (tertiary/aromatic N) is 1.